The first-order chi connectivity index (χ1) is 7.04. The quantitative estimate of drug-likeness (QED) is 0.793. The van der Waals surface area contributed by atoms with Crippen molar-refractivity contribution in [2.75, 3.05) is 11.9 Å². The van der Waals surface area contributed by atoms with Crippen LogP contribution in [0.3, 0.4) is 0 Å². The molecule has 0 aliphatic carbocycles. The van der Waals surface area contributed by atoms with E-state index in [0.717, 1.165) is 24.2 Å². The number of aromatic nitrogens is 2. The van der Waals surface area contributed by atoms with E-state index in [1.54, 1.807) is 0 Å². The molecular formula is C11H19N3O. The summed E-state index contributed by atoms with van der Waals surface area (Å²) in [5, 5.41) is 3.00. The summed E-state index contributed by atoms with van der Waals surface area (Å²) in [4.78, 5) is 18.8. The van der Waals surface area contributed by atoms with Gasteiger partial charge < -0.3 is 5.32 Å². The zero-order chi connectivity index (χ0) is 11.4. The Hall–Kier alpha value is -1.32. The van der Waals surface area contributed by atoms with E-state index >= 15 is 0 Å². The van der Waals surface area contributed by atoms with Crippen molar-refractivity contribution in [2.45, 2.75) is 34.1 Å². The molecule has 0 aliphatic rings. The molecule has 0 aromatic carbocycles. The molecule has 2 N–H and O–H groups in total. The van der Waals surface area contributed by atoms with Gasteiger partial charge in [0.1, 0.15) is 0 Å². The van der Waals surface area contributed by atoms with Gasteiger partial charge in [0.25, 0.3) is 5.56 Å². The molecule has 0 saturated heterocycles. The van der Waals surface area contributed by atoms with Gasteiger partial charge in [-0.3, -0.25) is 9.78 Å². The highest BCUT2D eigenvalue weighted by molar-refractivity contribution is 5.29. The molecule has 0 aliphatic heterocycles. The molecule has 84 valence electrons. The highest BCUT2D eigenvalue weighted by Crippen LogP contribution is 2.08. The van der Waals surface area contributed by atoms with Gasteiger partial charge in [-0.2, -0.15) is 0 Å². The van der Waals surface area contributed by atoms with Gasteiger partial charge in [-0.1, -0.05) is 13.8 Å². The van der Waals surface area contributed by atoms with Gasteiger partial charge in [-0.05, 0) is 26.2 Å². The van der Waals surface area contributed by atoms with Crippen LogP contribution in [-0.2, 0) is 6.42 Å². The van der Waals surface area contributed by atoms with Crippen LogP contribution < -0.4 is 10.9 Å². The first-order valence-corrected chi connectivity index (χ1v) is 5.38. The Balaban J connectivity index is 3.04. The van der Waals surface area contributed by atoms with Crippen molar-refractivity contribution in [1.82, 2.24) is 9.97 Å². The predicted molar refractivity (Wildman–Crippen MR) is 62.3 cm³/mol. The molecule has 0 amide bonds. The molecule has 1 heterocycles. The summed E-state index contributed by atoms with van der Waals surface area (Å²) in [6.07, 6.45) is 0.778. The Kier molecular flexibility index (Phi) is 3.88. The number of nitrogens with one attached hydrogen (secondary N) is 2. The molecule has 0 saturated carbocycles. The molecule has 4 nitrogen and oxygen atoms in total. The molecular weight excluding hydrogens is 190 g/mol. The van der Waals surface area contributed by atoms with E-state index in [1.807, 2.05) is 13.8 Å². The lowest BCUT2D eigenvalue weighted by Crippen LogP contribution is -2.20. The van der Waals surface area contributed by atoms with Gasteiger partial charge in [0.2, 0.25) is 5.95 Å². The number of aromatic amines is 1. The summed E-state index contributed by atoms with van der Waals surface area (Å²) in [7, 11) is 0. The molecule has 1 aromatic rings. The average Bonchev–Trinajstić information content (AvgIpc) is 2.11. The van der Waals surface area contributed by atoms with Crippen LogP contribution in [0.2, 0.25) is 0 Å². The molecule has 0 spiro atoms. The second-order valence-corrected chi connectivity index (χ2v) is 4.11. The van der Waals surface area contributed by atoms with Crippen molar-refractivity contribution in [1.29, 1.82) is 0 Å². The first-order valence-electron chi connectivity index (χ1n) is 5.38. The maximum atomic E-state index is 11.7. The minimum Gasteiger partial charge on any atom is -0.356 e. The first kappa shape index (κ1) is 11.8. The fraction of sp³-hybridized carbons (Fsp3) is 0.636. The monoisotopic (exact) mass is 209 g/mol. The van der Waals surface area contributed by atoms with E-state index in [1.165, 1.54) is 0 Å². The minimum absolute atomic E-state index is 0.0212. The Morgan fingerprint density at radius 3 is 2.60 bits per heavy atom. The molecule has 0 fully saturated rings. The minimum atomic E-state index is -0.0212. The Bertz CT molecular complexity index is 382. The maximum Gasteiger partial charge on any atom is 0.255 e. The summed E-state index contributed by atoms with van der Waals surface area (Å²) in [5.41, 5.74) is 1.60. The molecule has 1 aromatic heterocycles. The van der Waals surface area contributed by atoms with Crippen molar-refractivity contribution in [3.05, 3.63) is 21.6 Å². The second-order valence-electron chi connectivity index (χ2n) is 4.11. The maximum absolute atomic E-state index is 11.7. The molecule has 0 unspecified atom stereocenters. The number of hydrogen-bond donors (Lipinski definition) is 2. The third-order valence-electron chi connectivity index (χ3n) is 2.18. The topological polar surface area (TPSA) is 57.8 Å². The van der Waals surface area contributed by atoms with Gasteiger partial charge in [0, 0.05) is 17.8 Å². The lowest BCUT2D eigenvalue weighted by atomic mass is 10.0. The van der Waals surface area contributed by atoms with Crippen LogP contribution in [-0.4, -0.2) is 16.5 Å². The Morgan fingerprint density at radius 2 is 2.13 bits per heavy atom. The number of H-pyrrole nitrogens is 1. The normalized spacial score (nSPS) is 10.7. The highest BCUT2D eigenvalue weighted by atomic mass is 16.1. The van der Waals surface area contributed by atoms with Crippen LogP contribution in [0.1, 0.15) is 32.0 Å². The molecule has 1 rings (SSSR count). The van der Waals surface area contributed by atoms with Gasteiger partial charge in [0.15, 0.2) is 0 Å². The fourth-order valence-corrected chi connectivity index (χ4v) is 1.51. The lowest BCUT2D eigenvalue weighted by molar-refractivity contribution is 0.636. The molecule has 4 heteroatoms. The number of rotatable bonds is 4. The van der Waals surface area contributed by atoms with E-state index in [4.69, 9.17) is 0 Å². The molecule has 0 radical (unpaired) electrons. The van der Waals surface area contributed by atoms with Gasteiger partial charge >= 0.3 is 0 Å². The van der Waals surface area contributed by atoms with Crippen molar-refractivity contribution >= 4 is 5.95 Å². The predicted octanol–water partition coefficient (Wildman–Crippen LogP) is 1.71. The number of hydrogen-bond acceptors (Lipinski definition) is 3. The van der Waals surface area contributed by atoms with Crippen LogP contribution in [0.4, 0.5) is 5.95 Å². The van der Waals surface area contributed by atoms with Gasteiger partial charge in [-0.25, -0.2) is 4.98 Å². The standard InChI is InChI=1S/C11H19N3O/c1-5-12-11-13-8(4)9(6-7(2)3)10(15)14-11/h7H,5-6H2,1-4H3,(H2,12,13,14,15). The Labute approximate surface area is 90.1 Å². The number of aryl methyl sites for hydroxylation is 1. The van der Waals surface area contributed by atoms with E-state index in [-0.39, 0.29) is 5.56 Å². The van der Waals surface area contributed by atoms with Crippen LogP contribution in [0.25, 0.3) is 0 Å². The highest BCUT2D eigenvalue weighted by Gasteiger charge is 2.09. The van der Waals surface area contributed by atoms with Crippen molar-refractivity contribution in [3.8, 4) is 0 Å². The zero-order valence-corrected chi connectivity index (χ0v) is 9.85. The average molecular weight is 209 g/mol. The number of anilines is 1. The Morgan fingerprint density at radius 1 is 1.47 bits per heavy atom. The zero-order valence-electron chi connectivity index (χ0n) is 9.85. The summed E-state index contributed by atoms with van der Waals surface area (Å²) < 4.78 is 0. The summed E-state index contributed by atoms with van der Waals surface area (Å²) >= 11 is 0. The molecule has 15 heavy (non-hydrogen) atoms. The molecule has 0 atom stereocenters. The summed E-state index contributed by atoms with van der Waals surface area (Å²) in [6, 6.07) is 0. The van der Waals surface area contributed by atoms with E-state index in [0.29, 0.717) is 11.9 Å². The van der Waals surface area contributed by atoms with Crippen molar-refractivity contribution < 1.29 is 0 Å². The molecule has 0 bridgehead atoms. The van der Waals surface area contributed by atoms with Crippen LogP contribution in [0, 0.1) is 12.8 Å². The van der Waals surface area contributed by atoms with Crippen molar-refractivity contribution in [2.24, 2.45) is 5.92 Å². The number of nitrogens with zero attached hydrogens (tertiary/aromatic N) is 1. The smallest absolute Gasteiger partial charge is 0.255 e. The lowest BCUT2D eigenvalue weighted by Gasteiger charge is -2.09. The van der Waals surface area contributed by atoms with Crippen LogP contribution >= 0.6 is 0 Å². The van der Waals surface area contributed by atoms with Crippen LogP contribution in [0.15, 0.2) is 4.79 Å². The van der Waals surface area contributed by atoms with Crippen molar-refractivity contribution in [3.63, 3.8) is 0 Å². The van der Waals surface area contributed by atoms with E-state index in [9.17, 15) is 4.79 Å². The summed E-state index contributed by atoms with van der Waals surface area (Å²) in [6.45, 7) is 8.80. The van der Waals surface area contributed by atoms with Crippen LogP contribution in [0.5, 0.6) is 0 Å². The second kappa shape index (κ2) is 4.96. The van der Waals surface area contributed by atoms with E-state index in [2.05, 4.69) is 29.1 Å². The SMILES string of the molecule is CCNc1nc(C)c(CC(C)C)c(=O)[nH]1. The van der Waals surface area contributed by atoms with Gasteiger partial charge in [-0.15, -0.1) is 0 Å². The largest absolute Gasteiger partial charge is 0.356 e. The summed E-state index contributed by atoms with van der Waals surface area (Å²) in [5.74, 6) is 1.03. The van der Waals surface area contributed by atoms with E-state index < -0.39 is 0 Å². The third kappa shape index (κ3) is 3.08. The van der Waals surface area contributed by atoms with Gasteiger partial charge in [0.05, 0.1) is 0 Å². The third-order valence-corrected chi connectivity index (χ3v) is 2.18. The fourth-order valence-electron chi connectivity index (χ4n) is 1.51.